The maximum atomic E-state index is 12.3. The molecule has 0 aliphatic carbocycles. The van der Waals surface area contributed by atoms with Crippen molar-refractivity contribution in [3.63, 3.8) is 0 Å². The second kappa shape index (κ2) is 6.81. The Labute approximate surface area is 142 Å². The number of aromatic nitrogens is 3. The van der Waals surface area contributed by atoms with Crippen molar-refractivity contribution in [3.05, 3.63) is 70.7 Å². The van der Waals surface area contributed by atoms with Gasteiger partial charge in [0.05, 0.1) is 17.8 Å². The molecule has 0 radical (unpaired) electrons. The average molecular weight is 347 g/mol. The minimum absolute atomic E-state index is 0.157. The van der Waals surface area contributed by atoms with Gasteiger partial charge in [0.25, 0.3) is 0 Å². The average Bonchev–Trinajstić information content (AvgIpc) is 3.04. The van der Waals surface area contributed by atoms with Crippen LogP contribution in [0, 0.1) is 0 Å². The molecule has 2 aromatic carbocycles. The second-order valence-electron chi connectivity index (χ2n) is 4.85. The van der Waals surface area contributed by atoms with Gasteiger partial charge in [-0.25, -0.2) is 9.67 Å². The van der Waals surface area contributed by atoms with E-state index in [1.807, 2.05) is 12.1 Å². The second-order valence-corrected chi connectivity index (χ2v) is 5.73. The molecule has 1 aromatic heterocycles. The molecule has 1 N–H and O–H groups in total. The van der Waals surface area contributed by atoms with E-state index in [9.17, 15) is 4.79 Å². The van der Waals surface area contributed by atoms with Crippen LogP contribution >= 0.6 is 23.2 Å². The summed E-state index contributed by atoms with van der Waals surface area (Å²) in [5.74, 6) is -0.157. The van der Waals surface area contributed by atoms with Crippen LogP contribution in [0.3, 0.4) is 0 Å². The summed E-state index contributed by atoms with van der Waals surface area (Å²) in [6.07, 6.45) is 3.21. The Balaban J connectivity index is 1.80. The Hall–Kier alpha value is -2.37. The highest BCUT2D eigenvalue weighted by atomic mass is 35.5. The first-order valence-corrected chi connectivity index (χ1v) is 7.56. The van der Waals surface area contributed by atoms with Gasteiger partial charge in [-0.2, -0.15) is 5.10 Å². The number of rotatable bonds is 4. The smallest absolute Gasteiger partial charge is 0.228 e. The molecule has 116 valence electrons. The van der Waals surface area contributed by atoms with Crippen molar-refractivity contribution in [2.45, 2.75) is 6.42 Å². The zero-order chi connectivity index (χ0) is 16.2. The lowest BCUT2D eigenvalue weighted by Gasteiger charge is -2.11. The van der Waals surface area contributed by atoms with Crippen LogP contribution in [0.2, 0.25) is 10.0 Å². The summed E-state index contributed by atoms with van der Waals surface area (Å²) in [6, 6.07) is 12.3. The van der Waals surface area contributed by atoms with E-state index in [0.29, 0.717) is 21.4 Å². The fourth-order valence-corrected chi connectivity index (χ4v) is 2.42. The molecule has 0 aliphatic heterocycles. The van der Waals surface area contributed by atoms with Crippen molar-refractivity contribution in [2.24, 2.45) is 0 Å². The fraction of sp³-hybridized carbons (Fsp3) is 0.0625. The first kappa shape index (κ1) is 15.5. The number of halogens is 2. The van der Waals surface area contributed by atoms with Crippen molar-refractivity contribution in [1.29, 1.82) is 0 Å². The van der Waals surface area contributed by atoms with Gasteiger partial charge in [-0.05, 0) is 35.9 Å². The van der Waals surface area contributed by atoms with Gasteiger partial charge < -0.3 is 5.32 Å². The summed E-state index contributed by atoms with van der Waals surface area (Å²) in [6.45, 7) is 0. The van der Waals surface area contributed by atoms with E-state index in [1.54, 1.807) is 41.3 Å². The molecule has 0 saturated carbocycles. The van der Waals surface area contributed by atoms with E-state index in [-0.39, 0.29) is 12.3 Å². The summed E-state index contributed by atoms with van der Waals surface area (Å²) in [4.78, 5) is 16.2. The number of amides is 1. The van der Waals surface area contributed by atoms with Crippen molar-refractivity contribution >= 4 is 34.8 Å². The first-order valence-electron chi connectivity index (χ1n) is 6.80. The van der Waals surface area contributed by atoms with Crippen LogP contribution in [0.1, 0.15) is 5.56 Å². The van der Waals surface area contributed by atoms with Crippen LogP contribution in [-0.4, -0.2) is 20.7 Å². The minimum atomic E-state index is -0.157. The van der Waals surface area contributed by atoms with Crippen LogP contribution in [-0.2, 0) is 11.2 Å². The van der Waals surface area contributed by atoms with E-state index in [2.05, 4.69) is 15.4 Å². The highest BCUT2D eigenvalue weighted by Crippen LogP contribution is 2.24. The molecule has 0 bridgehead atoms. The highest BCUT2D eigenvalue weighted by molar-refractivity contribution is 6.31. The molecule has 0 unspecified atom stereocenters. The lowest BCUT2D eigenvalue weighted by atomic mass is 10.1. The number of hydrogen-bond acceptors (Lipinski definition) is 3. The molecule has 23 heavy (non-hydrogen) atoms. The van der Waals surface area contributed by atoms with Crippen LogP contribution in [0.25, 0.3) is 5.69 Å². The van der Waals surface area contributed by atoms with E-state index in [0.717, 1.165) is 5.56 Å². The summed E-state index contributed by atoms with van der Waals surface area (Å²) >= 11 is 11.9. The fourth-order valence-electron chi connectivity index (χ4n) is 2.12. The Kier molecular flexibility index (Phi) is 4.60. The van der Waals surface area contributed by atoms with Gasteiger partial charge in [-0.1, -0.05) is 35.3 Å². The molecule has 0 saturated heterocycles. The van der Waals surface area contributed by atoms with Gasteiger partial charge in [0.1, 0.15) is 12.7 Å². The van der Waals surface area contributed by atoms with E-state index in [4.69, 9.17) is 23.2 Å². The van der Waals surface area contributed by atoms with Crippen LogP contribution in [0.5, 0.6) is 0 Å². The largest absolute Gasteiger partial charge is 0.324 e. The molecular weight excluding hydrogens is 335 g/mol. The highest BCUT2D eigenvalue weighted by Gasteiger charge is 2.10. The standard InChI is InChI=1S/C16H12Cl2N4O/c17-12-3-1-11(2-4-12)7-16(23)21-14-8-13(18)5-6-15(14)22-10-19-9-20-22/h1-6,8-10H,7H2,(H,21,23). The zero-order valence-electron chi connectivity index (χ0n) is 11.9. The van der Waals surface area contributed by atoms with E-state index in [1.165, 1.54) is 6.33 Å². The van der Waals surface area contributed by atoms with Crippen LogP contribution in [0.15, 0.2) is 55.1 Å². The number of nitrogens with one attached hydrogen (secondary N) is 1. The predicted octanol–water partition coefficient (Wildman–Crippen LogP) is 3.76. The molecule has 7 heteroatoms. The third-order valence-corrected chi connectivity index (χ3v) is 3.66. The van der Waals surface area contributed by atoms with Crippen molar-refractivity contribution < 1.29 is 4.79 Å². The summed E-state index contributed by atoms with van der Waals surface area (Å²) in [7, 11) is 0. The van der Waals surface area contributed by atoms with Gasteiger partial charge >= 0.3 is 0 Å². The number of carbonyl (C=O) groups excluding carboxylic acids is 1. The third-order valence-electron chi connectivity index (χ3n) is 3.18. The van der Waals surface area contributed by atoms with Crippen molar-refractivity contribution in [1.82, 2.24) is 14.8 Å². The van der Waals surface area contributed by atoms with Crippen LogP contribution < -0.4 is 5.32 Å². The minimum Gasteiger partial charge on any atom is -0.324 e. The molecule has 3 aromatic rings. The van der Waals surface area contributed by atoms with Crippen LogP contribution in [0.4, 0.5) is 5.69 Å². The molecule has 0 atom stereocenters. The SMILES string of the molecule is O=C(Cc1ccc(Cl)cc1)Nc1cc(Cl)ccc1-n1cncn1. The third kappa shape index (κ3) is 3.88. The van der Waals surface area contributed by atoms with E-state index >= 15 is 0 Å². The summed E-state index contributed by atoms with van der Waals surface area (Å²) < 4.78 is 1.56. The number of benzene rings is 2. The molecule has 1 heterocycles. The normalized spacial score (nSPS) is 10.5. The van der Waals surface area contributed by atoms with E-state index < -0.39 is 0 Å². The number of carbonyl (C=O) groups is 1. The maximum absolute atomic E-state index is 12.3. The topological polar surface area (TPSA) is 59.8 Å². The lowest BCUT2D eigenvalue weighted by Crippen LogP contribution is -2.16. The quantitative estimate of drug-likeness (QED) is 0.782. The van der Waals surface area contributed by atoms with Gasteiger partial charge in [0, 0.05) is 10.0 Å². The first-order chi connectivity index (χ1) is 11.1. The Morgan fingerprint density at radius 2 is 1.83 bits per heavy atom. The van der Waals surface area contributed by atoms with Crippen molar-refractivity contribution in [3.8, 4) is 5.69 Å². The number of nitrogens with zero attached hydrogens (tertiary/aromatic N) is 3. The van der Waals surface area contributed by atoms with Gasteiger partial charge in [-0.3, -0.25) is 4.79 Å². The van der Waals surface area contributed by atoms with Gasteiger partial charge in [0.2, 0.25) is 5.91 Å². The predicted molar refractivity (Wildman–Crippen MR) is 90.2 cm³/mol. The molecule has 0 aliphatic rings. The monoisotopic (exact) mass is 346 g/mol. The Morgan fingerprint density at radius 1 is 1.09 bits per heavy atom. The van der Waals surface area contributed by atoms with Crippen molar-refractivity contribution in [2.75, 3.05) is 5.32 Å². The molecule has 3 rings (SSSR count). The summed E-state index contributed by atoms with van der Waals surface area (Å²) in [5, 5.41) is 8.09. The maximum Gasteiger partial charge on any atom is 0.228 e. The lowest BCUT2D eigenvalue weighted by molar-refractivity contribution is -0.115. The molecule has 0 fully saturated rings. The van der Waals surface area contributed by atoms with Gasteiger partial charge in [-0.15, -0.1) is 0 Å². The molecule has 0 spiro atoms. The molecular formula is C16H12Cl2N4O. The summed E-state index contributed by atoms with van der Waals surface area (Å²) in [5.41, 5.74) is 2.13. The number of anilines is 1. The van der Waals surface area contributed by atoms with Gasteiger partial charge in [0.15, 0.2) is 0 Å². The Morgan fingerprint density at radius 3 is 2.52 bits per heavy atom. The molecule has 1 amide bonds. The Bertz CT molecular complexity index is 817. The molecule has 5 nitrogen and oxygen atoms in total. The zero-order valence-corrected chi connectivity index (χ0v) is 13.4. The number of hydrogen-bond donors (Lipinski definition) is 1.